The fraction of sp³-hybridized carbons (Fsp3) is 0.269. The molecule has 1 aliphatic heterocycles. The van der Waals surface area contributed by atoms with Gasteiger partial charge in [-0.15, -0.1) is 11.3 Å². The summed E-state index contributed by atoms with van der Waals surface area (Å²) in [6.07, 6.45) is -0.302. The summed E-state index contributed by atoms with van der Waals surface area (Å²) in [6, 6.07) is 16.6. The van der Waals surface area contributed by atoms with E-state index in [1.807, 2.05) is 29.6 Å². The van der Waals surface area contributed by atoms with Crippen molar-refractivity contribution < 1.29 is 24.2 Å². The fourth-order valence-electron chi connectivity index (χ4n) is 3.81. The van der Waals surface area contributed by atoms with Gasteiger partial charge in [0.2, 0.25) is 5.91 Å². The number of ether oxygens (including phenoxy) is 1. The van der Waals surface area contributed by atoms with E-state index < -0.39 is 29.5 Å². The number of Topliss-reactive ketones (excluding diaryl/α,β-unsaturated/α-hetero) is 1. The SMILES string of the molecule is CC1OCC(=O)C1(C)NC(=O)C(Cc1ccc(O)cc1)NC(=O)c1ccc(-c2cccs2)cc1. The quantitative estimate of drug-likeness (QED) is 0.483. The minimum Gasteiger partial charge on any atom is -0.508 e. The van der Waals surface area contributed by atoms with Gasteiger partial charge in [-0.05, 0) is 60.7 Å². The molecule has 3 atom stereocenters. The second kappa shape index (κ2) is 9.79. The van der Waals surface area contributed by atoms with Crippen LogP contribution >= 0.6 is 11.3 Å². The van der Waals surface area contributed by atoms with Crippen LogP contribution in [0.3, 0.4) is 0 Å². The number of carbonyl (C=O) groups excluding carboxylic acids is 3. The normalized spacial score (nSPS) is 20.6. The smallest absolute Gasteiger partial charge is 0.251 e. The molecule has 1 fully saturated rings. The molecule has 1 aliphatic rings. The lowest BCUT2D eigenvalue weighted by molar-refractivity contribution is -0.130. The van der Waals surface area contributed by atoms with Gasteiger partial charge in [-0.3, -0.25) is 14.4 Å². The van der Waals surface area contributed by atoms with E-state index >= 15 is 0 Å². The van der Waals surface area contributed by atoms with Crippen molar-refractivity contribution >= 4 is 28.9 Å². The van der Waals surface area contributed by atoms with Crippen LogP contribution in [-0.2, 0) is 20.7 Å². The first kappa shape index (κ1) is 23.7. The number of phenols is 1. The highest BCUT2D eigenvalue weighted by Crippen LogP contribution is 2.25. The third kappa shape index (κ3) is 5.03. The summed E-state index contributed by atoms with van der Waals surface area (Å²) in [5.74, 6) is -0.990. The predicted octanol–water partition coefficient (Wildman–Crippen LogP) is 3.32. The molecule has 8 heteroatoms. The van der Waals surface area contributed by atoms with Crippen LogP contribution in [0, 0.1) is 0 Å². The highest BCUT2D eigenvalue weighted by molar-refractivity contribution is 7.13. The van der Waals surface area contributed by atoms with Gasteiger partial charge in [0.05, 0.1) is 6.10 Å². The van der Waals surface area contributed by atoms with Gasteiger partial charge in [0.25, 0.3) is 5.91 Å². The second-order valence-electron chi connectivity index (χ2n) is 8.52. The molecular formula is C26H26N2O5S. The van der Waals surface area contributed by atoms with Gasteiger partial charge in [-0.2, -0.15) is 0 Å². The molecule has 0 spiro atoms. The summed E-state index contributed by atoms with van der Waals surface area (Å²) in [5.41, 5.74) is 1.01. The van der Waals surface area contributed by atoms with E-state index in [9.17, 15) is 19.5 Å². The minimum absolute atomic E-state index is 0.0659. The van der Waals surface area contributed by atoms with Crippen molar-refractivity contribution in [1.82, 2.24) is 10.6 Å². The Hall–Kier alpha value is -3.49. The lowest BCUT2D eigenvalue weighted by atomic mass is 9.92. The van der Waals surface area contributed by atoms with E-state index in [0.29, 0.717) is 5.56 Å². The number of aromatic hydroxyl groups is 1. The van der Waals surface area contributed by atoms with Gasteiger partial charge in [-0.25, -0.2) is 0 Å². The average molecular weight is 479 g/mol. The van der Waals surface area contributed by atoms with Crippen molar-refractivity contribution in [3.05, 3.63) is 77.2 Å². The predicted molar refractivity (Wildman–Crippen MR) is 130 cm³/mol. The van der Waals surface area contributed by atoms with Gasteiger partial charge in [0, 0.05) is 16.9 Å². The first-order valence-corrected chi connectivity index (χ1v) is 11.8. The lowest BCUT2D eigenvalue weighted by Crippen LogP contribution is -2.60. The van der Waals surface area contributed by atoms with Crippen LogP contribution in [0.5, 0.6) is 5.75 Å². The van der Waals surface area contributed by atoms with E-state index in [1.165, 1.54) is 12.1 Å². The van der Waals surface area contributed by atoms with Gasteiger partial charge in [0.15, 0.2) is 5.78 Å². The molecule has 34 heavy (non-hydrogen) atoms. The molecule has 2 amide bonds. The Bertz CT molecular complexity index is 1170. The topological polar surface area (TPSA) is 105 Å². The van der Waals surface area contributed by atoms with Crippen LogP contribution in [0.15, 0.2) is 66.0 Å². The summed E-state index contributed by atoms with van der Waals surface area (Å²) >= 11 is 1.61. The summed E-state index contributed by atoms with van der Waals surface area (Å²) in [6.45, 7) is 3.30. The Morgan fingerprint density at radius 1 is 1.15 bits per heavy atom. The first-order chi connectivity index (χ1) is 16.3. The number of thiophene rings is 1. The van der Waals surface area contributed by atoms with E-state index in [2.05, 4.69) is 10.6 Å². The van der Waals surface area contributed by atoms with Crippen molar-refractivity contribution in [3.63, 3.8) is 0 Å². The first-order valence-electron chi connectivity index (χ1n) is 11.0. The Balaban J connectivity index is 1.53. The monoisotopic (exact) mass is 478 g/mol. The Morgan fingerprint density at radius 3 is 2.44 bits per heavy atom. The Labute approximate surface area is 201 Å². The highest BCUT2D eigenvalue weighted by Gasteiger charge is 2.47. The Morgan fingerprint density at radius 2 is 1.85 bits per heavy atom. The summed E-state index contributed by atoms with van der Waals surface area (Å²) in [5, 5.41) is 17.2. The third-order valence-electron chi connectivity index (χ3n) is 6.19. The highest BCUT2D eigenvalue weighted by atomic mass is 32.1. The maximum absolute atomic E-state index is 13.3. The molecule has 0 radical (unpaired) electrons. The van der Waals surface area contributed by atoms with Gasteiger partial charge >= 0.3 is 0 Å². The van der Waals surface area contributed by atoms with Crippen molar-refractivity contribution in [2.24, 2.45) is 0 Å². The zero-order valence-electron chi connectivity index (χ0n) is 18.9. The molecule has 176 valence electrons. The van der Waals surface area contributed by atoms with Crippen LogP contribution < -0.4 is 10.6 Å². The maximum Gasteiger partial charge on any atom is 0.251 e. The minimum atomic E-state index is -1.17. The average Bonchev–Trinajstić information content (AvgIpc) is 3.45. The molecule has 2 heterocycles. The molecular weight excluding hydrogens is 452 g/mol. The molecule has 1 aromatic heterocycles. The Kier molecular flexibility index (Phi) is 6.81. The summed E-state index contributed by atoms with van der Waals surface area (Å²) in [7, 11) is 0. The van der Waals surface area contributed by atoms with Crippen molar-refractivity contribution in [3.8, 4) is 16.2 Å². The van der Waals surface area contributed by atoms with E-state index in [1.54, 1.807) is 49.4 Å². The maximum atomic E-state index is 13.3. The number of carbonyl (C=O) groups is 3. The number of phenolic OH excluding ortho intramolecular Hbond substituents is 1. The van der Waals surface area contributed by atoms with Crippen molar-refractivity contribution in [1.29, 1.82) is 0 Å². The fourth-order valence-corrected chi connectivity index (χ4v) is 4.54. The second-order valence-corrected chi connectivity index (χ2v) is 9.47. The number of nitrogens with one attached hydrogen (secondary N) is 2. The molecule has 2 aromatic carbocycles. The lowest BCUT2D eigenvalue weighted by Gasteiger charge is -2.30. The largest absolute Gasteiger partial charge is 0.508 e. The number of amides is 2. The summed E-state index contributed by atoms with van der Waals surface area (Å²) < 4.78 is 5.41. The van der Waals surface area contributed by atoms with Crippen molar-refractivity contribution in [2.45, 2.75) is 38.0 Å². The third-order valence-corrected chi connectivity index (χ3v) is 7.11. The molecule has 0 saturated carbocycles. The zero-order valence-corrected chi connectivity index (χ0v) is 19.7. The molecule has 3 N–H and O–H groups in total. The molecule has 4 rings (SSSR count). The number of hydrogen-bond donors (Lipinski definition) is 3. The van der Waals surface area contributed by atoms with Gasteiger partial charge in [-0.1, -0.05) is 30.3 Å². The molecule has 3 aromatic rings. The van der Waals surface area contributed by atoms with E-state index in [4.69, 9.17) is 4.74 Å². The number of ketones is 1. The molecule has 1 saturated heterocycles. The van der Waals surface area contributed by atoms with E-state index in [0.717, 1.165) is 16.0 Å². The van der Waals surface area contributed by atoms with Crippen LogP contribution in [0.4, 0.5) is 0 Å². The van der Waals surface area contributed by atoms with Crippen LogP contribution in [0.25, 0.3) is 10.4 Å². The van der Waals surface area contributed by atoms with Crippen LogP contribution in [0.1, 0.15) is 29.8 Å². The zero-order chi connectivity index (χ0) is 24.3. The molecule has 7 nitrogen and oxygen atoms in total. The number of hydrogen-bond acceptors (Lipinski definition) is 6. The van der Waals surface area contributed by atoms with E-state index in [-0.39, 0.29) is 24.6 Å². The van der Waals surface area contributed by atoms with Crippen molar-refractivity contribution in [2.75, 3.05) is 6.61 Å². The van der Waals surface area contributed by atoms with Gasteiger partial charge < -0.3 is 20.5 Å². The molecule has 0 aliphatic carbocycles. The van der Waals surface area contributed by atoms with Crippen LogP contribution in [-0.4, -0.2) is 47.0 Å². The standard InChI is InChI=1S/C26H26N2O5S/c1-16-26(2,23(30)15-33-16)28-25(32)21(14-17-5-11-20(29)12-6-17)27-24(31)19-9-7-18(8-10-19)22-4-3-13-34-22/h3-13,16,21,29H,14-15H2,1-2H3,(H,27,31)(H,28,32). The molecule has 0 bridgehead atoms. The van der Waals surface area contributed by atoms with Crippen LogP contribution in [0.2, 0.25) is 0 Å². The number of benzene rings is 2. The summed E-state index contributed by atoms with van der Waals surface area (Å²) in [4.78, 5) is 39.8. The van der Waals surface area contributed by atoms with Gasteiger partial charge in [0.1, 0.15) is 23.9 Å². The molecule has 3 unspecified atom stereocenters. The number of rotatable bonds is 7.